The van der Waals surface area contributed by atoms with Crippen LogP contribution in [0.25, 0.3) is 0 Å². The van der Waals surface area contributed by atoms with E-state index in [0.717, 1.165) is 49.6 Å². The first-order valence-electron chi connectivity index (χ1n) is 8.92. The third-order valence-corrected chi connectivity index (χ3v) is 5.47. The van der Waals surface area contributed by atoms with Gasteiger partial charge in [-0.3, -0.25) is 4.79 Å². The molecule has 0 N–H and O–H groups in total. The van der Waals surface area contributed by atoms with E-state index in [0.29, 0.717) is 25.6 Å². The number of carbonyl (C=O) groups excluding carboxylic acids is 1. The smallest absolute Gasteiger partial charge is 0.222 e. The maximum absolute atomic E-state index is 12.8. The summed E-state index contributed by atoms with van der Waals surface area (Å²) >= 11 is 1.67. The fraction of sp³-hybridized carbons (Fsp3) is 0.632. The normalized spacial score (nSPS) is 15.5. The molecule has 0 atom stereocenters. The lowest BCUT2D eigenvalue weighted by Gasteiger charge is -2.32. The van der Waals surface area contributed by atoms with E-state index < -0.39 is 0 Å². The number of amides is 1. The number of hydrogen-bond donors (Lipinski definition) is 0. The molecule has 140 valence electrons. The van der Waals surface area contributed by atoms with Gasteiger partial charge in [-0.1, -0.05) is 0 Å². The Morgan fingerprint density at radius 2 is 1.96 bits per heavy atom. The fourth-order valence-electron chi connectivity index (χ4n) is 2.84. The second kappa shape index (κ2) is 11.5. The number of likely N-dealkylation sites (tertiary alicyclic amines) is 1. The topological polar surface area (TPSA) is 38.8 Å². The van der Waals surface area contributed by atoms with Gasteiger partial charge in [0, 0.05) is 38.1 Å². The van der Waals surface area contributed by atoms with Crippen LogP contribution in [-0.2, 0) is 14.3 Å². The van der Waals surface area contributed by atoms with E-state index in [2.05, 4.69) is 0 Å². The lowest BCUT2D eigenvalue weighted by Crippen LogP contribution is -2.39. The minimum absolute atomic E-state index is 0.216. The SMILES string of the molecule is COCCOCC1CCN(C(=O)CCCSc2ccc(F)cc2)CC1. The largest absolute Gasteiger partial charge is 0.382 e. The molecule has 1 saturated heterocycles. The number of thioether (sulfide) groups is 1. The molecule has 1 fully saturated rings. The van der Waals surface area contributed by atoms with Gasteiger partial charge >= 0.3 is 0 Å². The Bertz CT molecular complexity index is 504. The molecule has 1 amide bonds. The number of hydrogen-bond acceptors (Lipinski definition) is 4. The Balaban J connectivity index is 1.55. The Kier molecular flexibility index (Phi) is 9.29. The van der Waals surface area contributed by atoms with Gasteiger partial charge in [0.1, 0.15) is 5.82 Å². The molecule has 1 aliphatic heterocycles. The predicted octanol–water partition coefficient (Wildman–Crippen LogP) is 3.60. The van der Waals surface area contributed by atoms with Gasteiger partial charge < -0.3 is 14.4 Å². The van der Waals surface area contributed by atoms with Crippen molar-refractivity contribution in [2.75, 3.05) is 45.8 Å². The highest BCUT2D eigenvalue weighted by Crippen LogP contribution is 2.21. The molecular formula is C19H28FNO3S. The maximum Gasteiger partial charge on any atom is 0.222 e. The van der Waals surface area contributed by atoms with Crippen LogP contribution in [-0.4, -0.2) is 56.6 Å². The number of halogens is 1. The summed E-state index contributed by atoms with van der Waals surface area (Å²) in [6.45, 7) is 3.71. The monoisotopic (exact) mass is 369 g/mol. The maximum atomic E-state index is 12.8. The Hall–Kier alpha value is -1.11. The third kappa shape index (κ3) is 7.75. The van der Waals surface area contributed by atoms with E-state index in [4.69, 9.17) is 9.47 Å². The number of benzene rings is 1. The van der Waals surface area contributed by atoms with E-state index >= 15 is 0 Å². The van der Waals surface area contributed by atoms with E-state index in [1.165, 1.54) is 12.1 Å². The molecule has 0 bridgehead atoms. The van der Waals surface area contributed by atoms with Crippen molar-refractivity contribution in [2.24, 2.45) is 5.92 Å². The highest BCUT2D eigenvalue weighted by Gasteiger charge is 2.22. The number of nitrogens with zero attached hydrogens (tertiary/aromatic N) is 1. The van der Waals surface area contributed by atoms with Crippen molar-refractivity contribution in [2.45, 2.75) is 30.6 Å². The second-order valence-electron chi connectivity index (χ2n) is 6.30. The van der Waals surface area contributed by atoms with Crippen molar-refractivity contribution >= 4 is 17.7 Å². The summed E-state index contributed by atoms with van der Waals surface area (Å²) in [6, 6.07) is 6.50. The molecule has 2 rings (SSSR count). The van der Waals surface area contributed by atoms with Crippen LogP contribution in [0.3, 0.4) is 0 Å². The van der Waals surface area contributed by atoms with E-state index in [9.17, 15) is 9.18 Å². The molecule has 4 nitrogen and oxygen atoms in total. The van der Waals surface area contributed by atoms with Gasteiger partial charge in [-0.25, -0.2) is 4.39 Å². The molecule has 6 heteroatoms. The van der Waals surface area contributed by atoms with Crippen LogP contribution in [0, 0.1) is 11.7 Å². The average Bonchev–Trinajstić information content (AvgIpc) is 2.64. The number of rotatable bonds is 10. The first kappa shape index (κ1) is 20.2. The van der Waals surface area contributed by atoms with Crippen LogP contribution in [0.1, 0.15) is 25.7 Å². The number of carbonyl (C=O) groups is 1. The molecule has 0 saturated carbocycles. The third-order valence-electron chi connectivity index (χ3n) is 4.37. The van der Waals surface area contributed by atoms with Crippen molar-refractivity contribution < 1.29 is 18.7 Å². The zero-order valence-electron chi connectivity index (χ0n) is 14.9. The zero-order valence-corrected chi connectivity index (χ0v) is 15.7. The zero-order chi connectivity index (χ0) is 17.9. The van der Waals surface area contributed by atoms with Crippen LogP contribution in [0.2, 0.25) is 0 Å². The lowest BCUT2D eigenvalue weighted by molar-refractivity contribution is -0.132. The molecule has 0 aromatic heterocycles. The van der Waals surface area contributed by atoms with E-state index in [1.807, 2.05) is 4.90 Å². The van der Waals surface area contributed by atoms with Gasteiger partial charge in [-0.15, -0.1) is 11.8 Å². The highest BCUT2D eigenvalue weighted by atomic mass is 32.2. The Labute approximate surface area is 154 Å². The van der Waals surface area contributed by atoms with Gasteiger partial charge in [0.25, 0.3) is 0 Å². The fourth-order valence-corrected chi connectivity index (χ4v) is 3.70. The number of ether oxygens (including phenoxy) is 2. The molecule has 0 spiro atoms. The number of piperidine rings is 1. The van der Waals surface area contributed by atoms with Crippen LogP contribution < -0.4 is 0 Å². The number of methoxy groups -OCH3 is 1. The first-order valence-corrected chi connectivity index (χ1v) is 9.90. The Morgan fingerprint density at radius 3 is 2.64 bits per heavy atom. The molecule has 1 heterocycles. The summed E-state index contributed by atoms with van der Waals surface area (Å²) < 4.78 is 23.4. The van der Waals surface area contributed by atoms with E-state index in [1.54, 1.807) is 31.0 Å². The van der Waals surface area contributed by atoms with Crippen molar-refractivity contribution in [3.63, 3.8) is 0 Å². The second-order valence-corrected chi connectivity index (χ2v) is 7.47. The Morgan fingerprint density at radius 1 is 1.24 bits per heavy atom. The van der Waals surface area contributed by atoms with Crippen LogP contribution in [0.5, 0.6) is 0 Å². The molecule has 25 heavy (non-hydrogen) atoms. The summed E-state index contributed by atoms with van der Waals surface area (Å²) in [5, 5.41) is 0. The van der Waals surface area contributed by atoms with Crippen molar-refractivity contribution in [3.05, 3.63) is 30.1 Å². The van der Waals surface area contributed by atoms with Crippen molar-refractivity contribution in [1.29, 1.82) is 0 Å². The van der Waals surface area contributed by atoms with Gasteiger partial charge in [0.15, 0.2) is 0 Å². The average molecular weight is 370 g/mol. The molecule has 0 aliphatic carbocycles. The minimum atomic E-state index is -0.216. The highest BCUT2D eigenvalue weighted by molar-refractivity contribution is 7.99. The van der Waals surface area contributed by atoms with Crippen LogP contribution in [0.4, 0.5) is 4.39 Å². The van der Waals surface area contributed by atoms with Gasteiger partial charge in [0.05, 0.1) is 13.2 Å². The standard InChI is InChI=1S/C19H28FNO3S/c1-23-12-13-24-15-16-8-10-21(11-9-16)19(22)3-2-14-25-18-6-4-17(20)5-7-18/h4-7,16H,2-3,8-15H2,1H3. The molecule has 1 aliphatic rings. The lowest BCUT2D eigenvalue weighted by atomic mass is 9.97. The molecular weight excluding hydrogens is 341 g/mol. The van der Waals surface area contributed by atoms with Crippen LogP contribution in [0.15, 0.2) is 29.2 Å². The van der Waals surface area contributed by atoms with E-state index in [-0.39, 0.29) is 11.7 Å². The molecule has 1 aromatic carbocycles. The molecule has 0 radical (unpaired) electrons. The molecule has 0 unspecified atom stereocenters. The van der Waals surface area contributed by atoms with Gasteiger partial charge in [-0.05, 0) is 55.2 Å². The van der Waals surface area contributed by atoms with Crippen LogP contribution >= 0.6 is 11.8 Å². The van der Waals surface area contributed by atoms with Gasteiger partial charge in [-0.2, -0.15) is 0 Å². The predicted molar refractivity (Wildman–Crippen MR) is 98.4 cm³/mol. The van der Waals surface area contributed by atoms with Gasteiger partial charge in [0.2, 0.25) is 5.91 Å². The summed E-state index contributed by atoms with van der Waals surface area (Å²) in [7, 11) is 1.67. The summed E-state index contributed by atoms with van der Waals surface area (Å²) in [5.41, 5.74) is 0. The summed E-state index contributed by atoms with van der Waals surface area (Å²) in [6.07, 6.45) is 3.47. The summed E-state index contributed by atoms with van der Waals surface area (Å²) in [5.74, 6) is 1.46. The first-order chi connectivity index (χ1) is 12.2. The quantitative estimate of drug-likeness (QED) is 0.467. The summed E-state index contributed by atoms with van der Waals surface area (Å²) in [4.78, 5) is 15.3. The van der Waals surface area contributed by atoms with Crippen molar-refractivity contribution in [1.82, 2.24) is 4.90 Å². The minimum Gasteiger partial charge on any atom is -0.382 e. The molecule has 1 aromatic rings. The van der Waals surface area contributed by atoms with Crippen molar-refractivity contribution in [3.8, 4) is 0 Å².